The maximum atomic E-state index is 14.1. The molecular weight excluding hydrogens is 389 g/mol. The Labute approximate surface area is 174 Å². The van der Waals surface area contributed by atoms with Gasteiger partial charge in [0.1, 0.15) is 0 Å². The molecule has 158 valence electrons. The monoisotopic (exact) mass is 413 g/mol. The minimum absolute atomic E-state index is 0.154. The van der Waals surface area contributed by atoms with Gasteiger partial charge in [0.25, 0.3) is 11.8 Å². The first-order chi connectivity index (χ1) is 14.4. The number of hydrogen-bond acceptors (Lipinski definition) is 5. The lowest BCUT2D eigenvalue weighted by molar-refractivity contribution is -0.0241. The van der Waals surface area contributed by atoms with Gasteiger partial charge in [-0.25, -0.2) is 4.98 Å². The quantitative estimate of drug-likeness (QED) is 0.758. The van der Waals surface area contributed by atoms with Gasteiger partial charge in [-0.15, -0.1) is 0 Å². The van der Waals surface area contributed by atoms with E-state index in [0.717, 1.165) is 5.56 Å². The molecule has 2 aromatic rings. The van der Waals surface area contributed by atoms with Gasteiger partial charge < -0.3 is 19.6 Å². The SMILES string of the molecule is COCCN1Cc2cccc(C(=O)N3CCC(O)(c4cccnc4F)CC3)c2C1=O. The number of carbonyl (C=O) groups excluding carboxylic acids is 2. The van der Waals surface area contributed by atoms with Crippen molar-refractivity contribution in [3.05, 3.63) is 64.7 Å². The maximum Gasteiger partial charge on any atom is 0.255 e. The van der Waals surface area contributed by atoms with Crippen LogP contribution in [0.1, 0.15) is 44.7 Å². The number of benzene rings is 1. The standard InChI is InChI=1S/C22H24FN3O4/c1-30-13-12-26-14-15-4-2-5-16(18(15)21(26)28)20(27)25-10-7-22(29,8-11-25)17-6-3-9-24-19(17)23/h2-6,9,29H,7-8,10-14H2,1H3. The Morgan fingerprint density at radius 3 is 2.73 bits per heavy atom. The van der Waals surface area contributed by atoms with Crippen LogP contribution in [0, 0.1) is 5.95 Å². The van der Waals surface area contributed by atoms with E-state index in [9.17, 15) is 19.1 Å². The smallest absolute Gasteiger partial charge is 0.255 e. The number of fused-ring (bicyclic) bond motifs is 1. The highest BCUT2D eigenvalue weighted by atomic mass is 19.1. The number of ether oxygens (including phenoxy) is 1. The van der Waals surface area contributed by atoms with E-state index in [4.69, 9.17) is 4.74 Å². The predicted molar refractivity (Wildman–Crippen MR) is 106 cm³/mol. The van der Waals surface area contributed by atoms with Crippen LogP contribution in [0.25, 0.3) is 0 Å². The number of methoxy groups -OCH3 is 1. The average Bonchev–Trinajstić information content (AvgIpc) is 3.08. The summed E-state index contributed by atoms with van der Waals surface area (Å²) in [5.41, 5.74) is 0.434. The molecule has 4 rings (SSSR count). The zero-order valence-electron chi connectivity index (χ0n) is 16.8. The fourth-order valence-corrected chi connectivity index (χ4v) is 4.23. The number of hydrogen-bond donors (Lipinski definition) is 1. The summed E-state index contributed by atoms with van der Waals surface area (Å²) in [6.45, 7) is 1.87. The molecule has 2 aliphatic heterocycles. The van der Waals surface area contributed by atoms with Crippen LogP contribution in [0.3, 0.4) is 0 Å². The van der Waals surface area contributed by atoms with Crippen LogP contribution in [0.15, 0.2) is 36.5 Å². The zero-order valence-corrected chi connectivity index (χ0v) is 16.8. The summed E-state index contributed by atoms with van der Waals surface area (Å²) in [6, 6.07) is 8.42. The lowest BCUT2D eigenvalue weighted by Gasteiger charge is -2.38. The van der Waals surface area contributed by atoms with Gasteiger partial charge in [0.2, 0.25) is 5.95 Å². The number of aromatic nitrogens is 1. The zero-order chi connectivity index (χ0) is 21.3. The highest BCUT2D eigenvalue weighted by molar-refractivity contribution is 6.09. The van der Waals surface area contributed by atoms with Crippen LogP contribution in [-0.4, -0.2) is 65.1 Å². The normalized spacial score (nSPS) is 17.9. The number of halogens is 1. The summed E-state index contributed by atoms with van der Waals surface area (Å²) in [4.78, 5) is 33.0. The van der Waals surface area contributed by atoms with Crippen molar-refractivity contribution in [2.24, 2.45) is 0 Å². The van der Waals surface area contributed by atoms with E-state index in [1.54, 1.807) is 35.1 Å². The van der Waals surface area contributed by atoms with Gasteiger partial charge in [-0.2, -0.15) is 4.39 Å². The van der Waals surface area contributed by atoms with Crippen LogP contribution in [-0.2, 0) is 16.9 Å². The molecule has 8 heteroatoms. The van der Waals surface area contributed by atoms with E-state index in [2.05, 4.69) is 4.98 Å². The fraction of sp³-hybridized carbons (Fsp3) is 0.409. The van der Waals surface area contributed by atoms with E-state index in [1.807, 2.05) is 6.07 Å². The van der Waals surface area contributed by atoms with Crippen molar-refractivity contribution in [1.82, 2.24) is 14.8 Å². The largest absolute Gasteiger partial charge is 0.385 e. The molecule has 0 spiro atoms. The second kappa shape index (κ2) is 8.12. The van der Waals surface area contributed by atoms with Gasteiger partial charge in [0, 0.05) is 45.0 Å². The van der Waals surface area contributed by atoms with Gasteiger partial charge in [-0.1, -0.05) is 18.2 Å². The predicted octanol–water partition coefficient (Wildman–Crippen LogP) is 1.95. The Kier molecular flexibility index (Phi) is 5.53. The fourth-order valence-electron chi connectivity index (χ4n) is 4.23. The van der Waals surface area contributed by atoms with Crippen molar-refractivity contribution in [3.63, 3.8) is 0 Å². The summed E-state index contributed by atoms with van der Waals surface area (Å²) in [7, 11) is 1.58. The summed E-state index contributed by atoms with van der Waals surface area (Å²) >= 11 is 0. The van der Waals surface area contributed by atoms with Gasteiger partial charge in [-0.3, -0.25) is 9.59 Å². The Balaban J connectivity index is 1.51. The highest BCUT2D eigenvalue weighted by Gasteiger charge is 2.39. The molecule has 1 N–H and O–H groups in total. The molecule has 1 aromatic carbocycles. The molecule has 1 fully saturated rings. The molecule has 0 unspecified atom stereocenters. The Morgan fingerprint density at radius 2 is 2.03 bits per heavy atom. The summed E-state index contributed by atoms with van der Waals surface area (Å²) in [5.74, 6) is -1.11. The maximum absolute atomic E-state index is 14.1. The lowest BCUT2D eigenvalue weighted by Crippen LogP contribution is -2.46. The van der Waals surface area contributed by atoms with E-state index in [1.165, 1.54) is 12.3 Å². The second-order valence-electron chi connectivity index (χ2n) is 7.72. The molecule has 2 amide bonds. The molecule has 1 saturated heterocycles. The van der Waals surface area contributed by atoms with Crippen molar-refractivity contribution in [3.8, 4) is 0 Å². The van der Waals surface area contributed by atoms with Crippen LogP contribution >= 0.6 is 0 Å². The summed E-state index contributed by atoms with van der Waals surface area (Å²) in [6.07, 6.45) is 1.73. The molecule has 7 nitrogen and oxygen atoms in total. The third-order valence-electron chi connectivity index (χ3n) is 5.95. The van der Waals surface area contributed by atoms with E-state index >= 15 is 0 Å². The number of rotatable bonds is 5. The third-order valence-corrected chi connectivity index (χ3v) is 5.95. The Bertz CT molecular complexity index is 973. The number of nitrogens with zero attached hydrogens (tertiary/aromatic N) is 3. The molecule has 0 bridgehead atoms. The molecule has 0 atom stereocenters. The first kappa shape index (κ1) is 20.4. The van der Waals surface area contributed by atoms with Gasteiger partial charge in [0.15, 0.2) is 0 Å². The van der Waals surface area contributed by atoms with E-state index < -0.39 is 11.5 Å². The van der Waals surface area contributed by atoms with Crippen LogP contribution in [0.5, 0.6) is 0 Å². The first-order valence-electron chi connectivity index (χ1n) is 9.97. The third kappa shape index (κ3) is 3.57. The highest BCUT2D eigenvalue weighted by Crippen LogP contribution is 2.35. The lowest BCUT2D eigenvalue weighted by atomic mass is 9.85. The molecule has 0 saturated carbocycles. The van der Waals surface area contributed by atoms with Crippen molar-refractivity contribution < 1.29 is 23.8 Å². The van der Waals surface area contributed by atoms with Crippen molar-refractivity contribution >= 4 is 11.8 Å². The van der Waals surface area contributed by atoms with E-state index in [-0.39, 0.29) is 43.3 Å². The average molecular weight is 413 g/mol. The molecule has 0 radical (unpaired) electrons. The second-order valence-corrected chi connectivity index (χ2v) is 7.72. The van der Waals surface area contributed by atoms with Gasteiger partial charge >= 0.3 is 0 Å². The van der Waals surface area contributed by atoms with E-state index in [0.29, 0.717) is 30.8 Å². The Hall–Kier alpha value is -2.84. The number of pyridine rings is 1. The first-order valence-corrected chi connectivity index (χ1v) is 9.97. The summed E-state index contributed by atoms with van der Waals surface area (Å²) in [5, 5.41) is 10.9. The van der Waals surface area contributed by atoms with Gasteiger partial charge in [0.05, 0.1) is 23.3 Å². The molecule has 3 heterocycles. The number of aliphatic hydroxyl groups is 1. The summed E-state index contributed by atoms with van der Waals surface area (Å²) < 4.78 is 19.1. The number of piperidine rings is 1. The van der Waals surface area contributed by atoms with Gasteiger partial charge in [-0.05, 0) is 30.5 Å². The van der Waals surface area contributed by atoms with Crippen molar-refractivity contribution in [1.29, 1.82) is 0 Å². The molecule has 30 heavy (non-hydrogen) atoms. The van der Waals surface area contributed by atoms with Crippen LogP contribution in [0.2, 0.25) is 0 Å². The molecular formula is C22H24FN3O4. The minimum Gasteiger partial charge on any atom is -0.385 e. The Morgan fingerprint density at radius 1 is 1.27 bits per heavy atom. The van der Waals surface area contributed by atoms with Crippen molar-refractivity contribution in [2.45, 2.75) is 25.0 Å². The number of amides is 2. The minimum atomic E-state index is -1.36. The molecule has 2 aliphatic rings. The number of likely N-dealkylation sites (tertiary alicyclic amines) is 1. The topological polar surface area (TPSA) is 83.0 Å². The van der Waals surface area contributed by atoms with Crippen molar-refractivity contribution in [2.75, 3.05) is 33.4 Å². The van der Waals surface area contributed by atoms with Crippen LogP contribution < -0.4 is 0 Å². The molecule has 1 aromatic heterocycles. The van der Waals surface area contributed by atoms with Crippen LogP contribution in [0.4, 0.5) is 4.39 Å². The number of carbonyl (C=O) groups is 2. The molecule has 0 aliphatic carbocycles.